The van der Waals surface area contributed by atoms with Crippen molar-refractivity contribution < 1.29 is 22.8 Å². The van der Waals surface area contributed by atoms with Crippen molar-refractivity contribution in [1.29, 1.82) is 0 Å². The molecule has 2 aromatic rings. The minimum absolute atomic E-state index is 0.0533. The summed E-state index contributed by atoms with van der Waals surface area (Å²) in [4.78, 5) is 37.1. The van der Waals surface area contributed by atoms with Gasteiger partial charge >= 0.3 is 6.18 Å². The van der Waals surface area contributed by atoms with Crippen molar-refractivity contribution in [2.24, 2.45) is 7.05 Å². The van der Waals surface area contributed by atoms with Gasteiger partial charge in [-0.25, -0.2) is 4.68 Å². The molecule has 0 aliphatic carbocycles. The Bertz CT molecular complexity index is 909. The van der Waals surface area contributed by atoms with Crippen LogP contribution >= 0.6 is 0 Å². The summed E-state index contributed by atoms with van der Waals surface area (Å²) in [6, 6.07) is 6.95. The average molecular weight is 382 g/mol. The number of nitrogens with one attached hydrogen (secondary N) is 1. The number of amides is 2. The molecule has 0 radical (unpaired) electrons. The zero-order valence-corrected chi connectivity index (χ0v) is 14.6. The fraction of sp³-hybridized carbons (Fsp3) is 0.294. The fourth-order valence-electron chi connectivity index (χ4n) is 2.31. The van der Waals surface area contributed by atoms with E-state index in [0.29, 0.717) is 0 Å². The van der Waals surface area contributed by atoms with Crippen LogP contribution in [-0.2, 0) is 18.0 Å². The molecule has 144 valence electrons. The topological polar surface area (TPSA) is 84.3 Å². The number of alkyl halides is 3. The van der Waals surface area contributed by atoms with Gasteiger partial charge in [-0.2, -0.15) is 18.3 Å². The van der Waals surface area contributed by atoms with Crippen LogP contribution < -0.4 is 10.9 Å². The fourth-order valence-corrected chi connectivity index (χ4v) is 2.31. The largest absolute Gasteiger partial charge is 0.418 e. The van der Waals surface area contributed by atoms with Crippen LogP contribution in [0.3, 0.4) is 0 Å². The summed E-state index contributed by atoms with van der Waals surface area (Å²) in [7, 11) is 1.37. The summed E-state index contributed by atoms with van der Waals surface area (Å²) < 4.78 is 40.0. The molecule has 0 fully saturated rings. The van der Waals surface area contributed by atoms with Crippen molar-refractivity contribution in [2.75, 3.05) is 18.4 Å². The second-order valence-corrected chi connectivity index (χ2v) is 5.59. The van der Waals surface area contributed by atoms with Crippen LogP contribution in [0.5, 0.6) is 0 Å². The summed E-state index contributed by atoms with van der Waals surface area (Å²) in [6.07, 6.45) is -4.62. The van der Waals surface area contributed by atoms with Gasteiger partial charge in [0.05, 0.1) is 11.3 Å². The van der Waals surface area contributed by atoms with E-state index >= 15 is 0 Å². The van der Waals surface area contributed by atoms with Crippen LogP contribution in [0.4, 0.5) is 18.9 Å². The Labute approximate surface area is 152 Å². The van der Waals surface area contributed by atoms with E-state index in [1.165, 1.54) is 25.2 Å². The maximum atomic E-state index is 13.0. The van der Waals surface area contributed by atoms with E-state index in [0.717, 1.165) is 27.8 Å². The number of hydrogen-bond donors (Lipinski definition) is 1. The number of halogens is 3. The van der Waals surface area contributed by atoms with Gasteiger partial charge in [0.2, 0.25) is 5.91 Å². The molecule has 1 aromatic heterocycles. The highest BCUT2D eigenvalue weighted by Gasteiger charge is 2.33. The summed E-state index contributed by atoms with van der Waals surface area (Å²) in [5.74, 6) is -1.40. The van der Waals surface area contributed by atoms with E-state index in [2.05, 4.69) is 10.4 Å². The van der Waals surface area contributed by atoms with Crippen LogP contribution in [0, 0.1) is 0 Å². The van der Waals surface area contributed by atoms with E-state index in [1.807, 2.05) is 0 Å². The van der Waals surface area contributed by atoms with Crippen LogP contribution in [0.15, 0.2) is 41.2 Å². The third-order valence-electron chi connectivity index (χ3n) is 3.69. The maximum absolute atomic E-state index is 13.0. The van der Waals surface area contributed by atoms with Crippen molar-refractivity contribution >= 4 is 17.5 Å². The Morgan fingerprint density at radius 1 is 1.19 bits per heavy atom. The van der Waals surface area contributed by atoms with Gasteiger partial charge in [-0.05, 0) is 25.1 Å². The van der Waals surface area contributed by atoms with Crippen molar-refractivity contribution in [3.63, 3.8) is 0 Å². The van der Waals surface area contributed by atoms with Crippen molar-refractivity contribution in [1.82, 2.24) is 14.7 Å². The molecule has 0 spiro atoms. The Hall–Kier alpha value is -3.17. The number of hydrogen-bond acceptors (Lipinski definition) is 4. The lowest BCUT2D eigenvalue weighted by Crippen LogP contribution is -2.39. The quantitative estimate of drug-likeness (QED) is 0.856. The first-order valence-corrected chi connectivity index (χ1v) is 7.93. The Balaban J connectivity index is 2.15. The molecule has 0 unspecified atom stereocenters. The molecule has 0 saturated heterocycles. The smallest absolute Gasteiger partial charge is 0.328 e. The molecule has 0 atom stereocenters. The number of anilines is 1. The van der Waals surface area contributed by atoms with Gasteiger partial charge in [0.1, 0.15) is 12.2 Å². The molecule has 0 bridgehead atoms. The van der Waals surface area contributed by atoms with E-state index in [4.69, 9.17) is 0 Å². The van der Waals surface area contributed by atoms with Gasteiger partial charge in [0, 0.05) is 19.7 Å². The highest BCUT2D eigenvalue weighted by molar-refractivity contribution is 5.98. The number of nitrogens with zero attached hydrogens (tertiary/aromatic N) is 3. The zero-order valence-electron chi connectivity index (χ0n) is 14.6. The Kier molecular flexibility index (Phi) is 5.98. The number of aromatic nitrogens is 2. The van der Waals surface area contributed by atoms with E-state index < -0.39 is 41.3 Å². The van der Waals surface area contributed by atoms with E-state index in [-0.39, 0.29) is 12.2 Å². The van der Waals surface area contributed by atoms with Crippen molar-refractivity contribution in [2.45, 2.75) is 13.1 Å². The third-order valence-corrected chi connectivity index (χ3v) is 3.69. The number of para-hydroxylation sites is 1. The number of rotatable bonds is 5. The summed E-state index contributed by atoms with van der Waals surface area (Å²) in [5, 5.41) is 5.99. The van der Waals surface area contributed by atoms with Crippen molar-refractivity contribution in [3.8, 4) is 0 Å². The van der Waals surface area contributed by atoms with Gasteiger partial charge in [-0.15, -0.1) is 0 Å². The second kappa shape index (κ2) is 8.02. The molecule has 27 heavy (non-hydrogen) atoms. The maximum Gasteiger partial charge on any atom is 0.418 e. The molecular formula is C17H17F3N4O3. The van der Waals surface area contributed by atoms with E-state index in [9.17, 15) is 27.6 Å². The van der Waals surface area contributed by atoms with E-state index in [1.54, 1.807) is 6.92 Å². The second-order valence-electron chi connectivity index (χ2n) is 5.59. The molecule has 1 N–H and O–H groups in total. The third kappa shape index (κ3) is 4.93. The monoisotopic (exact) mass is 382 g/mol. The summed E-state index contributed by atoms with van der Waals surface area (Å²) in [6.45, 7) is 1.26. The van der Waals surface area contributed by atoms with Gasteiger partial charge in [-0.3, -0.25) is 14.4 Å². The van der Waals surface area contributed by atoms with Crippen LogP contribution in [0.1, 0.15) is 23.0 Å². The number of carbonyl (C=O) groups excluding carboxylic acids is 2. The molecule has 2 rings (SSSR count). The van der Waals surface area contributed by atoms with Crippen LogP contribution in [0.25, 0.3) is 0 Å². The SMILES string of the molecule is CCN(CC(=O)Nc1ccccc1C(F)(F)F)C(=O)c1ccc(=O)n(C)n1. The predicted octanol–water partition coefficient (Wildman–Crippen LogP) is 1.90. The number of aryl methyl sites for hydroxylation is 1. The first kappa shape index (κ1) is 20.1. The standard InChI is InChI=1S/C17H17F3N4O3/c1-3-24(16(27)13-8-9-15(26)23(2)22-13)10-14(25)21-12-7-5-4-6-11(12)17(18,19)20/h4-9H,3,10H2,1-2H3,(H,21,25). The number of benzene rings is 1. The first-order valence-electron chi connectivity index (χ1n) is 7.93. The lowest BCUT2D eigenvalue weighted by atomic mass is 10.1. The van der Waals surface area contributed by atoms with Crippen molar-refractivity contribution in [3.05, 3.63) is 58.0 Å². The zero-order chi connectivity index (χ0) is 20.2. The summed E-state index contributed by atoms with van der Waals surface area (Å²) >= 11 is 0. The molecule has 7 nitrogen and oxygen atoms in total. The molecule has 0 aliphatic heterocycles. The normalized spacial score (nSPS) is 11.1. The summed E-state index contributed by atoms with van der Waals surface area (Å²) in [5.41, 5.74) is -1.83. The average Bonchev–Trinajstić information content (AvgIpc) is 2.61. The molecule has 10 heteroatoms. The predicted molar refractivity (Wildman–Crippen MR) is 91.1 cm³/mol. The molecule has 0 aliphatic rings. The number of carbonyl (C=O) groups is 2. The van der Waals surface area contributed by atoms with Gasteiger partial charge in [0.15, 0.2) is 0 Å². The minimum Gasteiger partial charge on any atom is -0.328 e. The Morgan fingerprint density at radius 3 is 2.44 bits per heavy atom. The lowest BCUT2D eigenvalue weighted by molar-refractivity contribution is -0.137. The molecule has 0 saturated carbocycles. The molecule has 1 heterocycles. The van der Waals surface area contributed by atoms with Gasteiger partial charge < -0.3 is 10.2 Å². The molecule has 2 amide bonds. The van der Waals surface area contributed by atoms with Crippen LogP contribution in [0.2, 0.25) is 0 Å². The van der Waals surface area contributed by atoms with Gasteiger partial charge in [0.25, 0.3) is 11.5 Å². The Morgan fingerprint density at radius 2 is 1.85 bits per heavy atom. The molecule has 1 aromatic carbocycles. The minimum atomic E-state index is -4.62. The first-order chi connectivity index (χ1) is 12.6. The highest BCUT2D eigenvalue weighted by Crippen LogP contribution is 2.34. The number of likely N-dealkylation sites (N-methyl/N-ethyl adjacent to an activating group) is 1. The molecular weight excluding hydrogens is 365 g/mol. The lowest BCUT2D eigenvalue weighted by Gasteiger charge is -2.21. The van der Waals surface area contributed by atoms with Gasteiger partial charge in [-0.1, -0.05) is 12.1 Å². The van der Waals surface area contributed by atoms with Crippen LogP contribution in [-0.4, -0.2) is 39.6 Å². The highest BCUT2D eigenvalue weighted by atomic mass is 19.4.